The fourth-order valence-electron chi connectivity index (χ4n) is 1.13. The molecule has 0 saturated carbocycles. The monoisotopic (exact) mass is 197 g/mol. The summed E-state index contributed by atoms with van der Waals surface area (Å²) in [5.74, 6) is 0.846. The molecule has 0 aromatic carbocycles. The maximum Gasteiger partial charge on any atom is 0.138 e. The third-order valence-corrected chi connectivity index (χ3v) is 2.91. The van der Waals surface area contributed by atoms with Gasteiger partial charge in [-0.3, -0.25) is 9.78 Å². The minimum absolute atomic E-state index is 0.332. The summed E-state index contributed by atoms with van der Waals surface area (Å²) in [6.07, 6.45) is 4.12. The highest BCUT2D eigenvalue weighted by Gasteiger charge is 2.08. The number of ketones is 1. The van der Waals surface area contributed by atoms with Crippen LogP contribution in [-0.2, 0) is 11.2 Å². The second-order valence-electron chi connectivity index (χ2n) is 3.40. The first-order chi connectivity index (χ1) is 6.22. The summed E-state index contributed by atoms with van der Waals surface area (Å²) < 4.78 is 0. The van der Waals surface area contributed by atoms with Gasteiger partial charge in [-0.2, -0.15) is 0 Å². The summed E-state index contributed by atoms with van der Waals surface area (Å²) >= 11 is 1.55. The molecule has 1 heterocycles. The lowest BCUT2D eigenvalue weighted by Crippen LogP contribution is -2.06. The largest absolute Gasteiger partial charge is 0.299 e. The third-order valence-electron chi connectivity index (χ3n) is 2.13. The number of nitrogens with zero attached hydrogens (tertiary/aromatic N) is 1. The Morgan fingerprint density at radius 3 is 3.00 bits per heavy atom. The molecular formula is C10H15NOS. The van der Waals surface area contributed by atoms with E-state index < -0.39 is 0 Å². The van der Waals surface area contributed by atoms with E-state index in [1.807, 2.05) is 0 Å². The maximum atomic E-state index is 11.5. The van der Waals surface area contributed by atoms with Gasteiger partial charge in [-0.1, -0.05) is 20.3 Å². The highest BCUT2D eigenvalue weighted by molar-refractivity contribution is 7.09. The lowest BCUT2D eigenvalue weighted by molar-refractivity contribution is -0.119. The standard InChI is InChI=1S/C10H15NOS/c1-3-8(2)4-9(12)5-10-6-11-7-13-10/h6-8H,3-5H2,1-2H3. The third kappa shape index (κ3) is 3.68. The van der Waals surface area contributed by atoms with E-state index in [1.165, 1.54) is 0 Å². The topological polar surface area (TPSA) is 30.0 Å². The summed E-state index contributed by atoms with van der Waals surface area (Å²) in [6, 6.07) is 0. The second kappa shape index (κ2) is 5.12. The fourth-order valence-corrected chi connectivity index (χ4v) is 1.75. The fraction of sp³-hybridized carbons (Fsp3) is 0.600. The maximum absolute atomic E-state index is 11.5. The van der Waals surface area contributed by atoms with Gasteiger partial charge in [-0.25, -0.2) is 0 Å². The van der Waals surface area contributed by atoms with Crippen LogP contribution >= 0.6 is 11.3 Å². The van der Waals surface area contributed by atoms with E-state index in [0.29, 0.717) is 24.5 Å². The number of hydrogen-bond acceptors (Lipinski definition) is 3. The molecule has 0 N–H and O–H groups in total. The molecule has 0 amide bonds. The number of hydrogen-bond donors (Lipinski definition) is 0. The van der Waals surface area contributed by atoms with Gasteiger partial charge in [0.05, 0.1) is 5.51 Å². The van der Waals surface area contributed by atoms with Crippen LogP contribution in [0, 0.1) is 5.92 Å². The Morgan fingerprint density at radius 2 is 2.46 bits per heavy atom. The van der Waals surface area contributed by atoms with Gasteiger partial charge >= 0.3 is 0 Å². The lowest BCUT2D eigenvalue weighted by atomic mass is 10.0. The van der Waals surface area contributed by atoms with Crippen molar-refractivity contribution >= 4 is 17.1 Å². The van der Waals surface area contributed by atoms with Crippen molar-refractivity contribution in [3.8, 4) is 0 Å². The van der Waals surface area contributed by atoms with E-state index >= 15 is 0 Å². The van der Waals surface area contributed by atoms with Crippen LogP contribution in [-0.4, -0.2) is 10.8 Å². The first-order valence-corrected chi connectivity index (χ1v) is 5.49. The van der Waals surface area contributed by atoms with Gasteiger partial charge in [0, 0.05) is 23.9 Å². The van der Waals surface area contributed by atoms with Crippen molar-refractivity contribution in [1.82, 2.24) is 4.98 Å². The predicted molar refractivity (Wildman–Crippen MR) is 54.9 cm³/mol. The van der Waals surface area contributed by atoms with Crippen LogP contribution in [0.2, 0.25) is 0 Å². The highest BCUT2D eigenvalue weighted by atomic mass is 32.1. The van der Waals surface area contributed by atoms with Crippen molar-refractivity contribution in [1.29, 1.82) is 0 Å². The SMILES string of the molecule is CCC(C)CC(=O)Cc1cncs1. The molecule has 0 saturated heterocycles. The second-order valence-corrected chi connectivity index (χ2v) is 4.37. The molecule has 0 bridgehead atoms. The molecule has 2 nitrogen and oxygen atoms in total. The molecule has 0 aliphatic carbocycles. The van der Waals surface area contributed by atoms with Gasteiger partial charge in [0.15, 0.2) is 0 Å². The van der Waals surface area contributed by atoms with Gasteiger partial charge in [-0.15, -0.1) is 11.3 Å². The molecular weight excluding hydrogens is 182 g/mol. The van der Waals surface area contributed by atoms with Crippen molar-refractivity contribution in [2.75, 3.05) is 0 Å². The number of rotatable bonds is 5. The van der Waals surface area contributed by atoms with Crippen LogP contribution < -0.4 is 0 Å². The van der Waals surface area contributed by atoms with E-state index in [0.717, 1.165) is 11.3 Å². The molecule has 0 fully saturated rings. The van der Waals surface area contributed by atoms with Crippen LogP contribution in [0.3, 0.4) is 0 Å². The first kappa shape index (κ1) is 10.4. The Balaban J connectivity index is 2.34. The number of carbonyl (C=O) groups is 1. The Hall–Kier alpha value is -0.700. The minimum atomic E-state index is 0.332. The molecule has 0 spiro atoms. The van der Waals surface area contributed by atoms with E-state index in [9.17, 15) is 4.79 Å². The Kier molecular flexibility index (Phi) is 4.09. The molecule has 1 atom stereocenters. The zero-order valence-corrected chi connectivity index (χ0v) is 8.93. The van der Waals surface area contributed by atoms with Gasteiger partial charge in [-0.05, 0) is 5.92 Å². The Bertz CT molecular complexity index is 256. The van der Waals surface area contributed by atoms with Crippen LogP contribution in [0.5, 0.6) is 0 Å². The molecule has 1 rings (SSSR count). The van der Waals surface area contributed by atoms with Gasteiger partial charge in [0.1, 0.15) is 5.78 Å². The smallest absolute Gasteiger partial charge is 0.138 e. The van der Waals surface area contributed by atoms with Crippen LogP contribution in [0.1, 0.15) is 31.6 Å². The Morgan fingerprint density at radius 1 is 1.69 bits per heavy atom. The average molecular weight is 197 g/mol. The normalized spacial score (nSPS) is 12.8. The summed E-state index contributed by atoms with van der Waals surface area (Å²) in [7, 11) is 0. The molecule has 0 radical (unpaired) electrons. The van der Waals surface area contributed by atoms with E-state index in [-0.39, 0.29) is 0 Å². The molecule has 1 aromatic rings. The molecule has 0 aliphatic rings. The average Bonchev–Trinajstić information content (AvgIpc) is 2.56. The van der Waals surface area contributed by atoms with E-state index in [2.05, 4.69) is 18.8 Å². The van der Waals surface area contributed by atoms with Gasteiger partial charge in [0.2, 0.25) is 0 Å². The van der Waals surface area contributed by atoms with Crippen molar-refractivity contribution in [3.63, 3.8) is 0 Å². The van der Waals surface area contributed by atoms with Gasteiger partial charge < -0.3 is 0 Å². The number of carbonyl (C=O) groups excluding carboxylic acids is 1. The first-order valence-electron chi connectivity index (χ1n) is 4.61. The number of Topliss-reactive ketones (excluding diaryl/α,β-unsaturated/α-hetero) is 1. The van der Waals surface area contributed by atoms with Crippen LogP contribution in [0.25, 0.3) is 0 Å². The summed E-state index contributed by atoms with van der Waals surface area (Å²) in [5, 5.41) is 0. The van der Waals surface area contributed by atoms with Crippen molar-refractivity contribution in [2.24, 2.45) is 5.92 Å². The molecule has 72 valence electrons. The van der Waals surface area contributed by atoms with E-state index in [1.54, 1.807) is 23.0 Å². The van der Waals surface area contributed by atoms with Gasteiger partial charge in [0.25, 0.3) is 0 Å². The van der Waals surface area contributed by atoms with Crippen molar-refractivity contribution in [2.45, 2.75) is 33.1 Å². The summed E-state index contributed by atoms with van der Waals surface area (Å²) in [4.78, 5) is 16.5. The molecule has 1 aromatic heterocycles. The Labute approximate surface area is 83.0 Å². The predicted octanol–water partition coefficient (Wildman–Crippen LogP) is 2.69. The number of aromatic nitrogens is 1. The highest BCUT2D eigenvalue weighted by Crippen LogP contribution is 2.12. The minimum Gasteiger partial charge on any atom is -0.299 e. The van der Waals surface area contributed by atoms with Crippen LogP contribution in [0.4, 0.5) is 0 Å². The zero-order valence-electron chi connectivity index (χ0n) is 8.12. The molecule has 3 heteroatoms. The zero-order chi connectivity index (χ0) is 9.68. The van der Waals surface area contributed by atoms with E-state index in [4.69, 9.17) is 0 Å². The molecule has 13 heavy (non-hydrogen) atoms. The quantitative estimate of drug-likeness (QED) is 0.726. The summed E-state index contributed by atoms with van der Waals surface area (Å²) in [6.45, 7) is 4.23. The van der Waals surface area contributed by atoms with Crippen LogP contribution in [0.15, 0.2) is 11.7 Å². The lowest BCUT2D eigenvalue weighted by Gasteiger charge is -2.05. The molecule has 1 unspecified atom stereocenters. The van der Waals surface area contributed by atoms with Crippen molar-refractivity contribution < 1.29 is 4.79 Å². The molecule has 0 aliphatic heterocycles. The number of thiazole rings is 1. The summed E-state index contributed by atoms with van der Waals surface area (Å²) in [5.41, 5.74) is 1.77. The van der Waals surface area contributed by atoms with Crippen molar-refractivity contribution in [3.05, 3.63) is 16.6 Å².